The van der Waals surface area contributed by atoms with Gasteiger partial charge in [0.2, 0.25) is 0 Å². The van der Waals surface area contributed by atoms with E-state index in [1.54, 1.807) is 13.8 Å². The van der Waals surface area contributed by atoms with E-state index in [2.05, 4.69) is 10.1 Å². The Balaban J connectivity index is 2.63. The Hall–Kier alpha value is -1.66. The smallest absolute Gasteiger partial charge is 0.258 e. The van der Waals surface area contributed by atoms with Gasteiger partial charge in [-0.15, -0.1) is 0 Å². The van der Waals surface area contributed by atoms with Crippen molar-refractivity contribution in [2.45, 2.75) is 13.8 Å². The molecule has 0 spiro atoms. The lowest BCUT2D eigenvalue weighted by Crippen LogP contribution is -2.03. The van der Waals surface area contributed by atoms with Gasteiger partial charge in [0.1, 0.15) is 5.15 Å². The number of aryl methyl sites for hydroxylation is 1. The van der Waals surface area contributed by atoms with Crippen molar-refractivity contribution in [1.82, 2.24) is 14.8 Å². The van der Waals surface area contributed by atoms with E-state index in [0.29, 0.717) is 16.4 Å². The first kappa shape index (κ1) is 12.8. The topological polar surface area (TPSA) is 73.8 Å². The summed E-state index contributed by atoms with van der Waals surface area (Å²) in [6, 6.07) is 2.47. The fourth-order valence-corrected chi connectivity index (χ4v) is 1.85. The lowest BCUT2D eigenvalue weighted by molar-refractivity contribution is -0.384. The second-order valence-electron chi connectivity index (χ2n) is 3.66. The van der Waals surface area contributed by atoms with Gasteiger partial charge >= 0.3 is 0 Å². The van der Waals surface area contributed by atoms with Crippen LogP contribution in [0.1, 0.15) is 11.4 Å². The minimum Gasteiger partial charge on any atom is -0.258 e. The third-order valence-corrected chi connectivity index (χ3v) is 3.14. The average molecular weight is 287 g/mol. The molecular formula is C10H8Cl2N4O2. The second kappa shape index (κ2) is 4.55. The minimum atomic E-state index is -0.537. The molecule has 0 N–H and O–H groups in total. The zero-order valence-corrected chi connectivity index (χ0v) is 11.0. The summed E-state index contributed by atoms with van der Waals surface area (Å²) < 4.78 is 1.43. The largest absolute Gasteiger partial charge is 0.276 e. The van der Waals surface area contributed by atoms with Gasteiger partial charge in [0, 0.05) is 0 Å². The van der Waals surface area contributed by atoms with Crippen LogP contribution in [-0.2, 0) is 0 Å². The summed E-state index contributed by atoms with van der Waals surface area (Å²) in [6.45, 7) is 3.49. The number of pyridine rings is 1. The molecule has 0 saturated carbocycles. The van der Waals surface area contributed by atoms with Crippen LogP contribution in [0.15, 0.2) is 12.1 Å². The molecule has 0 fully saturated rings. The molecule has 18 heavy (non-hydrogen) atoms. The van der Waals surface area contributed by atoms with Crippen LogP contribution in [0.3, 0.4) is 0 Å². The highest BCUT2D eigenvalue weighted by molar-refractivity contribution is 6.31. The van der Waals surface area contributed by atoms with Gasteiger partial charge in [-0.2, -0.15) is 5.10 Å². The SMILES string of the molecule is Cc1nn(-c2cc([N+](=O)[O-])cc(Cl)n2)c(C)c1Cl. The quantitative estimate of drug-likeness (QED) is 0.483. The van der Waals surface area contributed by atoms with Gasteiger partial charge in [-0.3, -0.25) is 10.1 Å². The van der Waals surface area contributed by atoms with E-state index >= 15 is 0 Å². The Bertz CT molecular complexity index is 639. The number of nitro groups is 1. The van der Waals surface area contributed by atoms with Crippen molar-refractivity contribution in [3.8, 4) is 5.82 Å². The van der Waals surface area contributed by atoms with E-state index in [0.717, 1.165) is 0 Å². The van der Waals surface area contributed by atoms with Gasteiger partial charge in [0.25, 0.3) is 5.69 Å². The second-order valence-corrected chi connectivity index (χ2v) is 4.43. The molecule has 8 heteroatoms. The van der Waals surface area contributed by atoms with E-state index in [4.69, 9.17) is 23.2 Å². The van der Waals surface area contributed by atoms with Gasteiger partial charge in [-0.1, -0.05) is 23.2 Å². The van der Waals surface area contributed by atoms with Crippen LogP contribution < -0.4 is 0 Å². The molecule has 6 nitrogen and oxygen atoms in total. The van der Waals surface area contributed by atoms with Crippen LogP contribution in [0.4, 0.5) is 5.69 Å². The summed E-state index contributed by atoms with van der Waals surface area (Å²) in [5, 5.41) is 15.4. The molecule has 0 amide bonds. The maximum absolute atomic E-state index is 10.8. The number of hydrogen-bond donors (Lipinski definition) is 0. The molecule has 2 heterocycles. The van der Waals surface area contributed by atoms with Gasteiger partial charge in [0.15, 0.2) is 5.82 Å². The van der Waals surface area contributed by atoms with Crippen LogP contribution in [0.25, 0.3) is 5.82 Å². The normalized spacial score (nSPS) is 10.7. The number of rotatable bonds is 2. The zero-order chi connectivity index (χ0) is 13.4. The van der Waals surface area contributed by atoms with E-state index in [-0.39, 0.29) is 16.7 Å². The van der Waals surface area contributed by atoms with Crippen molar-refractivity contribution in [2.24, 2.45) is 0 Å². The van der Waals surface area contributed by atoms with Gasteiger partial charge in [0.05, 0.1) is 33.5 Å². The highest BCUT2D eigenvalue weighted by Crippen LogP contribution is 2.25. The Labute approximate surface area is 112 Å². The van der Waals surface area contributed by atoms with Crippen molar-refractivity contribution < 1.29 is 4.92 Å². The van der Waals surface area contributed by atoms with Crippen LogP contribution in [0, 0.1) is 24.0 Å². The maximum Gasteiger partial charge on any atom is 0.276 e. The minimum absolute atomic E-state index is 0.0304. The molecule has 2 aromatic heterocycles. The van der Waals surface area contributed by atoms with Gasteiger partial charge in [-0.25, -0.2) is 9.67 Å². The fraction of sp³-hybridized carbons (Fsp3) is 0.200. The molecular weight excluding hydrogens is 279 g/mol. The Morgan fingerprint density at radius 3 is 2.50 bits per heavy atom. The van der Waals surface area contributed by atoms with Crippen molar-refractivity contribution >= 4 is 28.9 Å². The van der Waals surface area contributed by atoms with Crippen molar-refractivity contribution in [3.63, 3.8) is 0 Å². The van der Waals surface area contributed by atoms with E-state index in [1.807, 2.05) is 0 Å². The molecule has 0 radical (unpaired) electrons. The Morgan fingerprint density at radius 1 is 1.33 bits per heavy atom. The molecule has 0 bridgehead atoms. The van der Waals surface area contributed by atoms with Crippen LogP contribution in [-0.4, -0.2) is 19.7 Å². The highest BCUT2D eigenvalue weighted by Gasteiger charge is 2.16. The molecule has 0 aliphatic carbocycles. The summed E-state index contributed by atoms with van der Waals surface area (Å²) in [4.78, 5) is 14.2. The molecule has 0 aliphatic rings. The first-order valence-electron chi connectivity index (χ1n) is 4.94. The van der Waals surface area contributed by atoms with Crippen molar-refractivity contribution in [3.05, 3.63) is 43.8 Å². The third kappa shape index (κ3) is 2.16. The number of nitrogens with zero attached hydrogens (tertiary/aromatic N) is 4. The zero-order valence-electron chi connectivity index (χ0n) is 9.52. The molecule has 0 saturated heterocycles. The molecule has 0 aliphatic heterocycles. The van der Waals surface area contributed by atoms with E-state index in [1.165, 1.54) is 16.8 Å². The third-order valence-electron chi connectivity index (χ3n) is 2.40. The standard InChI is InChI=1S/C10H8Cl2N4O2/c1-5-10(12)6(2)15(14-5)9-4-7(16(17)18)3-8(11)13-9/h3-4H,1-2H3. The summed E-state index contributed by atoms with van der Waals surface area (Å²) in [7, 11) is 0. The molecule has 0 unspecified atom stereocenters. The molecule has 0 atom stereocenters. The lowest BCUT2D eigenvalue weighted by atomic mass is 10.3. The Morgan fingerprint density at radius 2 is 2.00 bits per heavy atom. The molecule has 2 aromatic rings. The first-order valence-corrected chi connectivity index (χ1v) is 5.70. The van der Waals surface area contributed by atoms with Crippen LogP contribution >= 0.6 is 23.2 Å². The van der Waals surface area contributed by atoms with E-state index in [9.17, 15) is 10.1 Å². The highest BCUT2D eigenvalue weighted by atomic mass is 35.5. The predicted molar refractivity (Wildman–Crippen MR) is 67.5 cm³/mol. The summed E-state index contributed by atoms with van der Waals surface area (Å²) in [6.07, 6.45) is 0. The Kier molecular flexibility index (Phi) is 3.23. The van der Waals surface area contributed by atoms with Crippen molar-refractivity contribution in [1.29, 1.82) is 0 Å². The molecule has 0 aromatic carbocycles. The first-order chi connectivity index (χ1) is 8.40. The van der Waals surface area contributed by atoms with Crippen LogP contribution in [0.2, 0.25) is 10.2 Å². The number of hydrogen-bond acceptors (Lipinski definition) is 4. The number of aromatic nitrogens is 3. The van der Waals surface area contributed by atoms with Gasteiger partial charge in [-0.05, 0) is 13.8 Å². The predicted octanol–water partition coefficient (Wildman–Crippen LogP) is 3.10. The fourth-order valence-electron chi connectivity index (χ4n) is 1.53. The molecule has 2 rings (SSSR count). The average Bonchev–Trinajstić information content (AvgIpc) is 2.56. The number of halogens is 2. The maximum atomic E-state index is 10.8. The summed E-state index contributed by atoms with van der Waals surface area (Å²) >= 11 is 11.8. The molecule has 94 valence electrons. The summed E-state index contributed by atoms with van der Waals surface area (Å²) in [5.74, 6) is 0.265. The van der Waals surface area contributed by atoms with Crippen molar-refractivity contribution in [2.75, 3.05) is 0 Å². The van der Waals surface area contributed by atoms with E-state index < -0.39 is 4.92 Å². The monoisotopic (exact) mass is 286 g/mol. The van der Waals surface area contributed by atoms with Crippen LogP contribution in [0.5, 0.6) is 0 Å². The van der Waals surface area contributed by atoms with Gasteiger partial charge < -0.3 is 0 Å². The lowest BCUT2D eigenvalue weighted by Gasteiger charge is -2.03. The summed E-state index contributed by atoms with van der Waals surface area (Å²) in [5.41, 5.74) is 1.13.